The Labute approximate surface area is 186 Å². The van der Waals surface area contributed by atoms with Crippen molar-refractivity contribution >= 4 is 28.2 Å². The van der Waals surface area contributed by atoms with Crippen molar-refractivity contribution in [2.75, 3.05) is 11.6 Å². The third-order valence-electron chi connectivity index (χ3n) is 5.52. The topological polar surface area (TPSA) is 59.8 Å². The largest absolute Gasteiger partial charge is 0.378 e. The molecule has 5 nitrogen and oxygen atoms in total. The zero-order valence-electron chi connectivity index (χ0n) is 18.4. The lowest BCUT2D eigenvalue weighted by Crippen LogP contribution is -2.20. The van der Waals surface area contributed by atoms with Crippen LogP contribution in [0.5, 0.6) is 0 Å². The molecule has 6 heteroatoms. The van der Waals surface area contributed by atoms with Gasteiger partial charge in [0, 0.05) is 35.3 Å². The van der Waals surface area contributed by atoms with E-state index in [1.807, 2.05) is 38.1 Å². The van der Waals surface area contributed by atoms with Crippen LogP contribution in [0.3, 0.4) is 0 Å². The van der Waals surface area contributed by atoms with Gasteiger partial charge < -0.3 is 9.88 Å². The Kier molecular flexibility index (Phi) is 5.83. The summed E-state index contributed by atoms with van der Waals surface area (Å²) >= 11 is 1.71. The van der Waals surface area contributed by atoms with E-state index < -0.39 is 0 Å². The number of thioether (sulfide) groups is 1. The van der Waals surface area contributed by atoms with Gasteiger partial charge in [-0.3, -0.25) is 4.79 Å². The van der Waals surface area contributed by atoms with Crippen LogP contribution >= 0.6 is 11.8 Å². The number of hydrogen-bond acceptors (Lipinski definition) is 5. The number of hydrogen-bond donors (Lipinski definition) is 1. The fourth-order valence-electron chi connectivity index (χ4n) is 3.97. The summed E-state index contributed by atoms with van der Waals surface area (Å²) in [5.74, 6) is 0.679. The van der Waals surface area contributed by atoms with Gasteiger partial charge in [0.15, 0.2) is 0 Å². The first-order chi connectivity index (χ1) is 14.9. The number of rotatable bonds is 5. The van der Waals surface area contributed by atoms with Crippen LogP contribution in [0.1, 0.15) is 29.9 Å². The standard InChI is InChI=1S/C25H26N4OS/c1-15-12-18(16(2)27-22-8-6-7-9-24(22)31-5)19-14-23(21-10-11-26-17(3)28-21)29(4)25(30)20(19)13-15/h6-14,16,27H,1-5H3/t16-/m1/s1. The molecule has 2 heterocycles. The molecule has 2 aromatic carbocycles. The van der Waals surface area contributed by atoms with Crippen LogP contribution in [-0.2, 0) is 7.05 Å². The van der Waals surface area contributed by atoms with Crippen LogP contribution < -0.4 is 10.9 Å². The highest BCUT2D eigenvalue weighted by atomic mass is 32.2. The molecule has 0 bridgehead atoms. The van der Waals surface area contributed by atoms with E-state index in [4.69, 9.17) is 0 Å². The Morgan fingerprint density at radius 2 is 1.84 bits per heavy atom. The molecule has 2 aromatic heterocycles. The molecule has 31 heavy (non-hydrogen) atoms. The van der Waals surface area contributed by atoms with E-state index in [1.54, 1.807) is 29.6 Å². The minimum absolute atomic E-state index is 0.0165. The van der Waals surface area contributed by atoms with Crippen molar-refractivity contribution in [3.63, 3.8) is 0 Å². The fraction of sp³-hybridized carbons (Fsp3) is 0.240. The molecular weight excluding hydrogens is 404 g/mol. The van der Waals surface area contributed by atoms with Gasteiger partial charge in [0.1, 0.15) is 5.82 Å². The molecule has 1 atom stereocenters. The van der Waals surface area contributed by atoms with Crippen LogP contribution in [-0.4, -0.2) is 20.8 Å². The van der Waals surface area contributed by atoms with Crippen LogP contribution in [0.25, 0.3) is 22.2 Å². The molecule has 0 saturated heterocycles. The third kappa shape index (κ3) is 4.08. The molecular formula is C25H26N4OS. The van der Waals surface area contributed by atoms with Crippen molar-refractivity contribution in [1.82, 2.24) is 14.5 Å². The van der Waals surface area contributed by atoms with Crippen molar-refractivity contribution in [3.05, 3.63) is 82.0 Å². The van der Waals surface area contributed by atoms with E-state index in [2.05, 4.69) is 52.7 Å². The lowest BCUT2D eigenvalue weighted by molar-refractivity contribution is 0.865. The first-order valence-electron chi connectivity index (χ1n) is 10.2. The first-order valence-corrected chi connectivity index (χ1v) is 11.5. The number of anilines is 1. The summed E-state index contributed by atoms with van der Waals surface area (Å²) in [6, 6.07) is 16.4. The van der Waals surface area contributed by atoms with Gasteiger partial charge in [0.2, 0.25) is 0 Å². The zero-order chi connectivity index (χ0) is 22.1. The molecule has 0 fully saturated rings. The monoisotopic (exact) mass is 430 g/mol. The number of benzene rings is 2. The highest BCUT2D eigenvalue weighted by Gasteiger charge is 2.17. The van der Waals surface area contributed by atoms with E-state index in [1.165, 1.54) is 4.90 Å². The smallest absolute Gasteiger partial charge is 0.258 e. The lowest BCUT2D eigenvalue weighted by Gasteiger charge is -2.21. The van der Waals surface area contributed by atoms with Crippen LogP contribution in [0.4, 0.5) is 5.69 Å². The Hall–Kier alpha value is -3.12. The number of nitrogens with one attached hydrogen (secondary N) is 1. The van der Waals surface area contributed by atoms with Gasteiger partial charge in [-0.1, -0.05) is 18.2 Å². The molecule has 0 spiro atoms. The van der Waals surface area contributed by atoms with E-state index in [-0.39, 0.29) is 11.6 Å². The van der Waals surface area contributed by atoms with Crippen molar-refractivity contribution < 1.29 is 0 Å². The Bertz CT molecular complexity index is 1330. The summed E-state index contributed by atoms with van der Waals surface area (Å²) in [6.07, 6.45) is 3.80. The second kappa shape index (κ2) is 8.55. The van der Waals surface area contributed by atoms with Gasteiger partial charge in [-0.2, -0.15) is 0 Å². The molecule has 0 aliphatic carbocycles. The van der Waals surface area contributed by atoms with Gasteiger partial charge >= 0.3 is 0 Å². The molecule has 0 unspecified atom stereocenters. The number of aryl methyl sites for hydroxylation is 2. The maximum atomic E-state index is 13.3. The van der Waals surface area contributed by atoms with E-state index in [0.29, 0.717) is 5.82 Å². The van der Waals surface area contributed by atoms with Crippen molar-refractivity contribution in [2.24, 2.45) is 7.05 Å². The van der Waals surface area contributed by atoms with Crippen molar-refractivity contribution in [3.8, 4) is 11.4 Å². The first kappa shape index (κ1) is 21.1. The quantitative estimate of drug-likeness (QED) is 0.423. The highest BCUT2D eigenvalue weighted by molar-refractivity contribution is 7.98. The van der Waals surface area contributed by atoms with Crippen LogP contribution in [0, 0.1) is 13.8 Å². The third-order valence-corrected chi connectivity index (χ3v) is 6.31. The average molecular weight is 431 g/mol. The number of para-hydroxylation sites is 1. The lowest BCUT2D eigenvalue weighted by atomic mass is 9.96. The normalized spacial score (nSPS) is 12.2. The molecule has 0 aliphatic rings. The zero-order valence-corrected chi connectivity index (χ0v) is 19.2. The maximum absolute atomic E-state index is 13.3. The Balaban J connectivity index is 1.90. The summed E-state index contributed by atoms with van der Waals surface area (Å²) in [5.41, 5.74) is 4.75. The van der Waals surface area contributed by atoms with Gasteiger partial charge in [0.05, 0.1) is 11.4 Å². The number of aromatic nitrogens is 3. The van der Waals surface area contributed by atoms with Crippen LogP contribution in [0.15, 0.2) is 64.4 Å². The molecule has 0 aliphatic heterocycles. The highest BCUT2D eigenvalue weighted by Crippen LogP contribution is 2.32. The SMILES string of the molecule is CSc1ccccc1N[C@H](C)c1cc(C)cc2c(=O)n(C)c(-c3ccnc(C)n3)cc12. The van der Waals surface area contributed by atoms with Crippen LogP contribution in [0.2, 0.25) is 0 Å². The summed E-state index contributed by atoms with van der Waals surface area (Å²) in [7, 11) is 1.80. The predicted molar refractivity (Wildman–Crippen MR) is 130 cm³/mol. The molecule has 0 amide bonds. The molecule has 1 N–H and O–H groups in total. The molecule has 158 valence electrons. The van der Waals surface area contributed by atoms with Gasteiger partial charge in [-0.15, -0.1) is 11.8 Å². The number of nitrogens with zero attached hydrogens (tertiary/aromatic N) is 3. The predicted octanol–water partition coefficient (Wildman–Crippen LogP) is 5.51. The summed E-state index contributed by atoms with van der Waals surface area (Å²) in [5, 5.41) is 5.31. The Morgan fingerprint density at radius 3 is 2.58 bits per heavy atom. The minimum Gasteiger partial charge on any atom is -0.378 e. The maximum Gasteiger partial charge on any atom is 0.258 e. The second-order valence-corrected chi connectivity index (χ2v) is 8.61. The average Bonchev–Trinajstić information content (AvgIpc) is 2.76. The second-order valence-electron chi connectivity index (χ2n) is 7.76. The summed E-state index contributed by atoms with van der Waals surface area (Å²) in [6.45, 7) is 6.02. The van der Waals surface area contributed by atoms with E-state index in [0.717, 1.165) is 39.0 Å². The summed E-state index contributed by atoms with van der Waals surface area (Å²) < 4.78 is 1.68. The molecule has 4 rings (SSSR count). The summed E-state index contributed by atoms with van der Waals surface area (Å²) in [4.78, 5) is 23.2. The number of pyridine rings is 1. The Morgan fingerprint density at radius 1 is 1.06 bits per heavy atom. The van der Waals surface area contributed by atoms with E-state index >= 15 is 0 Å². The van der Waals surface area contributed by atoms with Gasteiger partial charge in [-0.05, 0) is 73.9 Å². The van der Waals surface area contributed by atoms with Gasteiger partial charge in [-0.25, -0.2) is 9.97 Å². The van der Waals surface area contributed by atoms with Crippen molar-refractivity contribution in [2.45, 2.75) is 31.7 Å². The number of fused-ring (bicyclic) bond motifs is 1. The van der Waals surface area contributed by atoms with Gasteiger partial charge in [0.25, 0.3) is 5.56 Å². The van der Waals surface area contributed by atoms with Crippen molar-refractivity contribution in [1.29, 1.82) is 0 Å². The molecule has 4 aromatic rings. The minimum atomic E-state index is -0.0228. The molecule has 0 saturated carbocycles. The fourth-order valence-corrected chi connectivity index (χ4v) is 4.53. The van der Waals surface area contributed by atoms with E-state index in [9.17, 15) is 4.79 Å². The molecule has 0 radical (unpaired) electrons.